The first kappa shape index (κ1) is 10.7. The maximum Gasteiger partial charge on any atom is 0.240 e. The standard InChI is InChI=1S/C11H10ClN3O/c1-16-11-10(14-4-5-15-11)8-3-2-7(12)6-9(8)13/h2-6H,13H2,1H3. The number of nitrogen functional groups attached to an aromatic ring is 1. The first-order chi connectivity index (χ1) is 7.72. The average Bonchev–Trinajstić information content (AvgIpc) is 2.29. The number of nitrogens with zero attached hydrogens (tertiary/aromatic N) is 2. The van der Waals surface area contributed by atoms with Gasteiger partial charge in [0.1, 0.15) is 5.69 Å². The van der Waals surface area contributed by atoms with Gasteiger partial charge in [0.15, 0.2) is 0 Å². The van der Waals surface area contributed by atoms with Gasteiger partial charge in [-0.3, -0.25) is 0 Å². The van der Waals surface area contributed by atoms with E-state index in [9.17, 15) is 0 Å². The molecule has 2 rings (SSSR count). The van der Waals surface area contributed by atoms with E-state index in [2.05, 4.69) is 9.97 Å². The number of rotatable bonds is 2. The van der Waals surface area contributed by atoms with Crippen molar-refractivity contribution < 1.29 is 4.74 Å². The Bertz CT molecular complexity index is 516. The lowest BCUT2D eigenvalue weighted by molar-refractivity contribution is 0.398. The summed E-state index contributed by atoms with van der Waals surface area (Å²) in [6.45, 7) is 0. The van der Waals surface area contributed by atoms with E-state index in [0.717, 1.165) is 5.56 Å². The summed E-state index contributed by atoms with van der Waals surface area (Å²) in [5, 5.41) is 0.587. The van der Waals surface area contributed by atoms with E-state index >= 15 is 0 Å². The van der Waals surface area contributed by atoms with Crippen molar-refractivity contribution in [2.45, 2.75) is 0 Å². The van der Waals surface area contributed by atoms with Gasteiger partial charge in [-0.05, 0) is 18.2 Å². The van der Waals surface area contributed by atoms with E-state index in [1.54, 1.807) is 37.7 Å². The largest absolute Gasteiger partial charge is 0.479 e. The van der Waals surface area contributed by atoms with Crippen LogP contribution in [-0.2, 0) is 0 Å². The molecule has 0 atom stereocenters. The van der Waals surface area contributed by atoms with Crippen LogP contribution in [0, 0.1) is 0 Å². The summed E-state index contributed by atoms with van der Waals surface area (Å²) >= 11 is 5.83. The molecule has 16 heavy (non-hydrogen) atoms. The molecule has 5 heteroatoms. The molecule has 0 bridgehead atoms. The van der Waals surface area contributed by atoms with Gasteiger partial charge in [0.25, 0.3) is 0 Å². The fourth-order valence-electron chi connectivity index (χ4n) is 1.41. The van der Waals surface area contributed by atoms with E-state index < -0.39 is 0 Å². The summed E-state index contributed by atoms with van der Waals surface area (Å²) in [5.41, 5.74) is 7.79. The Hall–Kier alpha value is -1.81. The molecule has 1 aromatic heterocycles. The van der Waals surface area contributed by atoms with Crippen molar-refractivity contribution >= 4 is 17.3 Å². The van der Waals surface area contributed by atoms with Gasteiger partial charge in [0, 0.05) is 28.7 Å². The van der Waals surface area contributed by atoms with Gasteiger partial charge < -0.3 is 10.5 Å². The van der Waals surface area contributed by atoms with Crippen LogP contribution < -0.4 is 10.5 Å². The van der Waals surface area contributed by atoms with E-state index in [1.165, 1.54) is 0 Å². The number of benzene rings is 1. The zero-order valence-corrected chi connectivity index (χ0v) is 9.40. The van der Waals surface area contributed by atoms with Gasteiger partial charge in [-0.2, -0.15) is 0 Å². The highest BCUT2D eigenvalue weighted by Gasteiger charge is 2.11. The number of halogens is 1. The van der Waals surface area contributed by atoms with Crippen LogP contribution in [0.1, 0.15) is 0 Å². The molecule has 0 aliphatic rings. The zero-order chi connectivity index (χ0) is 11.5. The number of hydrogen-bond donors (Lipinski definition) is 1. The lowest BCUT2D eigenvalue weighted by Gasteiger charge is -2.08. The van der Waals surface area contributed by atoms with E-state index in [4.69, 9.17) is 22.1 Å². The van der Waals surface area contributed by atoms with Crippen LogP contribution in [0.25, 0.3) is 11.3 Å². The lowest BCUT2D eigenvalue weighted by Crippen LogP contribution is -1.97. The Kier molecular flexibility index (Phi) is 2.92. The SMILES string of the molecule is COc1nccnc1-c1ccc(Cl)cc1N. The van der Waals surface area contributed by atoms with Crippen molar-refractivity contribution in [3.63, 3.8) is 0 Å². The molecule has 1 aromatic carbocycles. The van der Waals surface area contributed by atoms with Crippen molar-refractivity contribution in [3.8, 4) is 17.1 Å². The van der Waals surface area contributed by atoms with Crippen molar-refractivity contribution in [3.05, 3.63) is 35.6 Å². The third kappa shape index (κ3) is 1.92. The minimum absolute atomic E-state index is 0.441. The summed E-state index contributed by atoms with van der Waals surface area (Å²) in [7, 11) is 1.54. The zero-order valence-electron chi connectivity index (χ0n) is 8.64. The predicted octanol–water partition coefficient (Wildman–Crippen LogP) is 2.39. The Morgan fingerprint density at radius 1 is 1.25 bits per heavy atom. The van der Waals surface area contributed by atoms with E-state index in [0.29, 0.717) is 22.3 Å². The maximum atomic E-state index is 5.87. The Morgan fingerprint density at radius 2 is 2.00 bits per heavy atom. The van der Waals surface area contributed by atoms with Gasteiger partial charge in [0.05, 0.1) is 7.11 Å². The van der Waals surface area contributed by atoms with Crippen molar-refractivity contribution in [2.75, 3.05) is 12.8 Å². The molecule has 0 unspecified atom stereocenters. The van der Waals surface area contributed by atoms with Crippen LogP contribution in [-0.4, -0.2) is 17.1 Å². The molecule has 0 saturated carbocycles. The topological polar surface area (TPSA) is 61.0 Å². The molecule has 0 radical (unpaired) electrons. The minimum Gasteiger partial charge on any atom is -0.479 e. The minimum atomic E-state index is 0.441. The second kappa shape index (κ2) is 4.37. The fourth-order valence-corrected chi connectivity index (χ4v) is 1.59. The fraction of sp³-hybridized carbons (Fsp3) is 0.0909. The number of ether oxygens (including phenoxy) is 1. The molecular weight excluding hydrogens is 226 g/mol. The summed E-state index contributed by atoms with van der Waals surface area (Å²) in [5.74, 6) is 0.441. The van der Waals surface area contributed by atoms with E-state index in [1.807, 2.05) is 0 Å². The van der Waals surface area contributed by atoms with E-state index in [-0.39, 0.29) is 0 Å². The number of aromatic nitrogens is 2. The molecule has 82 valence electrons. The smallest absolute Gasteiger partial charge is 0.240 e. The number of hydrogen-bond acceptors (Lipinski definition) is 4. The number of methoxy groups -OCH3 is 1. The predicted molar refractivity (Wildman–Crippen MR) is 63.4 cm³/mol. The van der Waals surface area contributed by atoms with Gasteiger partial charge in [-0.15, -0.1) is 0 Å². The van der Waals surface area contributed by atoms with Gasteiger partial charge in [-0.25, -0.2) is 9.97 Å². The highest BCUT2D eigenvalue weighted by Crippen LogP contribution is 2.31. The molecular formula is C11H10ClN3O. The highest BCUT2D eigenvalue weighted by atomic mass is 35.5. The van der Waals surface area contributed by atoms with Crippen LogP contribution >= 0.6 is 11.6 Å². The molecule has 0 aliphatic heterocycles. The van der Waals surface area contributed by atoms with Gasteiger partial charge in [-0.1, -0.05) is 11.6 Å². The second-order valence-electron chi connectivity index (χ2n) is 3.15. The quantitative estimate of drug-likeness (QED) is 0.812. The molecule has 0 saturated heterocycles. The average molecular weight is 236 g/mol. The van der Waals surface area contributed by atoms with Crippen LogP contribution in [0.15, 0.2) is 30.6 Å². The van der Waals surface area contributed by atoms with Crippen LogP contribution in [0.4, 0.5) is 5.69 Å². The molecule has 0 fully saturated rings. The first-order valence-electron chi connectivity index (χ1n) is 4.63. The summed E-state index contributed by atoms with van der Waals surface area (Å²) in [6, 6.07) is 5.22. The number of anilines is 1. The molecule has 4 nitrogen and oxygen atoms in total. The molecule has 0 aliphatic carbocycles. The van der Waals surface area contributed by atoms with Gasteiger partial charge >= 0.3 is 0 Å². The van der Waals surface area contributed by atoms with Crippen molar-refractivity contribution in [1.82, 2.24) is 9.97 Å². The summed E-state index contributed by atoms with van der Waals surface area (Å²) in [6.07, 6.45) is 3.15. The Balaban J connectivity index is 2.58. The molecule has 0 spiro atoms. The second-order valence-corrected chi connectivity index (χ2v) is 3.58. The third-order valence-electron chi connectivity index (χ3n) is 2.13. The molecule has 2 N–H and O–H groups in total. The Morgan fingerprint density at radius 3 is 2.69 bits per heavy atom. The summed E-state index contributed by atoms with van der Waals surface area (Å²) < 4.78 is 5.12. The van der Waals surface area contributed by atoms with Crippen molar-refractivity contribution in [2.24, 2.45) is 0 Å². The van der Waals surface area contributed by atoms with Crippen molar-refractivity contribution in [1.29, 1.82) is 0 Å². The Labute approximate surface area is 98.0 Å². The molecule has 2 aromatic rings. The number of nitrogens with two attached hydrogens (primary N) is 1. The van der Waals surface area contributed by atoms with Crippen LogP contribution in [0.5, 0.6) is 5.88 Å². The highest BCUT2D eigenvalue weighted by molar-refractivity contribution is 6.31. The molecule has 0 amide bonds. The van der Waals surface area contributed by atoms with Crippen LogP contribution in [0.2, 0.25) is 5.02 Å². The lowest BCUT2D eigenvalue weighted by atomic mass is 10.1. The maximum absolute atomic E-state index is 5.87. The normalized spacial score (nSPS) is 10.1. The van der Waals surface area contributed by atoms with Crippen LogP contribution in [0.3, 0.4) is 0 Å². The summed E-state index contributed by atoms with van der Waals surface area (Å²) in [4.78, 5) is 8.26. The monoisotopic (exact) mass is 235 g/mol. The third-order valence-corrected chi connectivity index (χ3v) is 2.36. The molecule has 1 heterocycles. The first-order valence-corrected chi connectivity index (χ1v) is 5.00. The van der Waals surface area contributed by atoms with Gasteiger partial charge in [0.2, 0.25) is 5.88 Å².